The van der Waals surface area contributed by atoms with E-state index in [-0.39, 0.29) is 0 Å². The van der Waals surface area contributed by atoms with Crippen LogP contribution in [0.5, 0.6) is 0 Å². The highest BCUT2D eigenvalue weighted by Gasteiger charge is 2.10. The second-order valence-electron chi connectivity index (χ2n) is 6.01. The Bertz CT molecular complexity index is 186. The molecule has 0 radical (unpaired) electrons. The summed E-state index contributed by atoms with van der Waals surface area (Å²) >= 11 is 1.97. The van der Waals surface area contributed by atoms with E-state index in [0.717, 1.165) is 18.5 Å². The molecule has 0 aromatic carbocycles. The first-order valence-corrected chi connectivity index (χ1v) is 9.41. The van der Waals surface area contributed by atoms with Crippen LogP contribution in [-0.4, -0.2) is 49.6 Å². The lowest BCUT2D eigenvalue weighted by Crippen LogP contribution is -2.33. The molecular weight excluding hydrogens is 252 g/mol. The number of rotatable bonds is 13. The fraction of sp³-hybridized carbons (Fsp3) is 1.00. The van der Waals surface area contributed by atoms with Crippen molar-refractivity contribution in [1.82, 2.24) is 10.2 Å². The minimum Gasteiger partial charge on any atom is -0.316 e. The van der Waals surface area contributed by atoms with Crippen molar-refractivity contribution in [3.05, 3.63) is 0 Å². The van der Waals surface area contributed by atoms with Gasteiger partial charge in [0.15, 0.2) is 0 Å². The van der Waals surface area contributed by atoms with E-state index in [0.29, 0.717) is 0 Å². The van der Waals surface area contributed by atoms with E-state index in [1.54, 1.807) is 0 Å². The number of hydrogen-bond acceptors (Lipinski definition) is 3. The van der Waals surface area contributed by atoms with Gasteiger partial charge in [0.05, 0.1) is 0 Å². The van der Waals surface area contributed by atoms with Crippen molar-refractivity contribution in [3.63, 3.8) is 0 Å². The molecule has 3 heteroatoms. The summed E-state index contributed by atoms with van der Waals surface area (Å²) in [7, 11) is 2.29. The zero-order valence-electron chi connectivity index (χ0n) is 13.9. The molecule has 0 aliphatic heterocycles. The van der Waals surface area contributed by atoms with Gasteiger partial charge in [0.25, 0.3) is 0 Å². The first kappa shape index (κ1) is 19.3. The summed E-state index contributed by atoms with van der Waals surface area (Å²) < 4.78 is 0. The number of nitrogens with one attached hydrogen (secondary N) is 1. The molecular formula is C16H36N2S. The number of hydrogen-bond donors (Lipinski definition) is 1. The second kappa shape index (κ2) is 13.3. The lowest BCUT2D eigenvalue weighted by atomic mass is 10.1. The Morgan fingerprint density at radius 2 is 1.79 bits per heavy atom. The smallest absolute Gasteiger partial charge is 0.0180 e. The van der Waals surface area contributed by atoms with Crippen molar-refractivity contribution in [2.75, 3.05) is 38.7 Å². The third-order valence-electron chi connectivity index (χ3n) is 3.62. The highest BCUT2D eigenvalue weighted by atomic mass is 32.2. The van der Waals surface area contributed by atoms with E-state index in [2.05, 4.69) is 44.3 Å². The minimum absolute atomic E-state index is 0.766. The summed E-state index contributed by atoms with van der Waals surface area (Å²) in [6.07, 6.45) is 8.92. The van der Waals surface area contributed by atoms with Crippen LogP contribution in [0.2, 0.25) is 0 Å². The summed E-state index contributed by atoms with van der Waals surface area (Å²) in [4.78, 5) is 2.55. The van der Waals surface area contributed by atoms with E-state index in [4.69, 9.17) is 0 Å². The molecule has 0 heterocycles. The molecule has 19 heavy (non-hydrogen) atoms. The highest BCUT2D eigenvalue weighted by Crippen LogP contribution is 2.10. The Kier molecular flexibility index (Phi) is 13.5. The molecule has 0 aliphatic carbocycles. The van der Waals surface area contributed by atoms with Gasteiger partial charge in [0, 0.05) is 11.8 Å². The van der Waals surface area contributed by atoms with Gasteiger partial charge in [0.2, 0.25) is 0 Å². The lowest BCUT2D eigenvalue weighted by molar-refractivity contribution is 0.250. The van der Waals surface area contributed by atoms with E-state index in [1.165, 1.54) is 50.9 Å². The minimum atomic E-state index is 0.766. The molecule has 0 saturated heterocycles. The molecule has 0 aliphatic rings. The van der Waals surface area contributed by atoms with Gasteiger partial charge in [-0.15, -0.1) is 0 Å². The molecule has 0 rings (SSSR count). The average Bonchev–Trinajstić information content (AvgIpc) is 2.38. The van der Waals surface area contributed by atoms with Crippen LogP contribution in [0.15, 0.2) is 0 Å². The summed E-state index contributed by atoms with van der Waals surface area (Å²) in [5, 5.41) is 3.52. The molecule has 0 fully saturated rings. The van der Waals surface area contributed by atoms with Gasteiger partial charge in [-0.2, -0.15) is 11.8 Å². The second-order valence-corrected chi connectivity index (χ2v) is 6.92. The maximum Gasteiger partial charge on any atom is 0.0180 e. The zero-order valence-corrected chi connectivity index (χ0v) is 14.7. The first-order chi connectivity index (χ1) is 9.11. The van der Waals surface area contributed by atoms with Crippen LogP contribution in [0.1, 0.15) is 52.9 Å². The molecule has 0 bridgehead atoms. The van der Waals surface area contributed by atoms with Gasteiger partial charge in [-0.1, -0.05) is 33.6 Å². The largest absolute Gasteiger partial charge is 0.316 e. The van der Waals surface area contributed by atoms with Crippen LogP contribution in [0.4, 0.5) is 0 Å². The Morgan fingerprint density at radius 3 is 2.37 bits per heavy atom. The molecule has 0 spiro atoms. The molecule has 116 valence electrons. The van der Waals surface area contributed by atoms with E-state index in [1.807, 2.05) is 11.8 Å². The third-order valence-corrected chi connectivity index (χ3v) is 4.34. The van der Waals surface area contributed by atoms with Gasteiger partial charge in [-0.05, 0) is 58.1 Å². The topological polar surface area (TPSA) is 15.3 Å². The van der Waals surface area contributed by atoms with Crippen LogP contribution in [0.3, 0.4) is 0 Å². The first-order valence-electron chi connectivity index (χ1n) is 8.01. The Labute approximate surface area is 126 Å². The predicted octanol–water partition coefficient (Wildman–Crippen LogP) is 3.87. The number of nitrogens with zero attached hydrogens (tertiary/aromatic N) is 1. The van der Waals surface area contributed by atoms with Crippen molar-refractivity contribution in [3.8, 4) is 0 Å². The van der Waals surface area contributed by atoms with Gasteiger partial charge in [-0.3, -0.25) is 0 Å². The van der Waals surface area contributed by atoms with E-state index >= 15 is 0 Å². The van der Waals surface area contributed by atoms with Gasteiger partial charge >= 0.3 is 0 Å². The maximum absolute atomic E-state index is 3.52. The van der Waals surface area contributed by atoms with Crippen LogP contribution in [0.25, 0.3) is 0 Å². The Hall–Kier alpha value is 0.270. The number of unbranched alkanes of at least 4 members (excludes halogenated alkanes) is 3. The number of thioether (sulfide) groups is 1. The zero-order chi connectivity index (χ0) is 14.5. The standard InChI is InChI=1S/C16H36N2S/c1-6-16(14-19-5)18(4)12-10-8-7-9-11-17-13-15(2)3/h15-17H,6-14H2,1-5H3. The Balaban J connectivity index is 3.37. The van der Waals surface area contributed by atoms with Crippen LogP contribution in [-0.2, 0) is 0 Å². The van der Waals surface area contributed by atoms with Crippen molar-refractivity contribution in [2.24, 2.45) is 5.92 Å². The van der Waals surface area contributed by atoms with Crippen molar-refractivity contribution >= 4 is 11.8 Å². The Morgan fingerprint density at radius 1 is 1.11 bits per heavy atom. The van der Waals surface area contributed by atoms with E-state index < -0.39 is 0 Å². The van der Waals surface area contributed by atoms with Crippen LogP contribution in [0, 0.1) is 5.92 Å². The molecule has 0 amide bonds. The van der Waals surface area contributed by atoms with Crippen molar-refractivity contribution < 1.29 is 0 Å². The maximum atomic E-state index is 3.52. The molecule has 2 nitrogen and oxygen atoms in total. The van der Waals surface area contributed by atoms with Gasteiger partial charge in [-0.25, -0.2) is 0 Å². The molecule has 1 atom stereocenters. The molecule has 1 N–H and O–H groups in total. The fourth-order valence-electron chi connectivity index (χ4n) is 2.29. The van der Waals surface area contributed by atoms with Crippen LogP contribution < -0.4 is 5.32 Å². The summed E-state index contributed by atoms with van der Waals surface area (Å²) in [5.74, 6) is 2.04. The predicted molar refractivity (Wildman–Crippen MR) is 91.3 cm³/mol. The average molecular weight is 289 g/mol. The van der Waals surface area contributed by atoms with E-state index in [9.17, 15) is 0 Å². The lowest BCUT2D eigenvalue weighted by Gasteiger charge is -2.26. The summed E-state index contributed by atoms with van der Waals surface area (Å²) in [6.45, 7) is 10.5. The molecule has 0 aromatic heterocycles. The van der Waals surface area contributed by atoms with Crippen LogP contribution >= 0.6 is 11.8 Å². The SMILES string of the molecule is CCC(CSC)N(C)CCCCCCNCC(C)C. The highest BCUT2D eigenvalue weighted by molar-refractivity contribution is 7.98. The molecule has 1 unspecified atom stereocenters. The fourth-order valence-corrected chi connectivity index (χ4v) is 3.16. The summed E-state index contributed by atoms with van der Waals surface area (Å²) in [5.41, 5.74) is 0. The quantitative estimate of drug-likeness (QED) is 0.518. The monoisotopic (exact) mass is 288 g/mol. The third kappa shape index (κ3) is 11.8. The van der Waals surface area contributed by atoms with Crippen molar-refractivity contribution in [2.45, 2.75) is 58.9 Å². The normalized spacial score (nSPS) is 13.4. The summed E-state index contributed by atoms with van der Waals surface area (Å²) in [6, 6.07) is 0.766. The molecule has 0 saturated carbocycles. The van der Waals surface area contributed by atoms with Gasteiger partial charge < -0.3 is 10.2 Å². The van der Waals surface area contributed by atoms with Crippen molar-refractivity contribution in [1.29, 1.82) is 0 Å². The molecule has 0 aromatic rings. The van der Waals surface area contributed by atoms with Gasteiger partial charge in [0.1, 0.15) is 0 Å².